The molecule has 0 aliphatic carbocycles. The van der Waals surface area contributed by atoms with Gasteiger partial charge in [0.1, 0.15) is 5.70 Å². The average Bonchev–Trinajstić information content (AvgIpc) is 2.83. The summed E-state index contributed by atoms with van der Waals surface area (Å²) >= 11 is 0. The summed E-state index contributed by atoms with van der Waals surface area (Å²) in [6, 6.07) is 9.03. The lowest BCUT2D eigenvalue weighted by atomic mass is 9.80. The number of methoxy groups -OCH3 is 2. The maximum absolute atomic E-state index is 13.3. The highest BCUT2D eigenvalue weighted by Gasteiger charge is 2.45. The summed E-state index contributed by atoms with van der Waals surface area (Å²) in [6.45, 7) is 5.27. The number of allylic oxidation sites excluding steroid dienone is 1. The summed E-state index contributed by atoms with van der Waals surface area (Å²) in [5, 5.41) is 0. The fourth-order valence-corrected chi connectivity index (χ4v) is 3.84. The van der Waals surface area contributed by atoms with Gasteiger partial charge in [-0.1, -0.05) is 30.3 Å². The summed E-state index contributed by atoms with van der Waals surface area (Å²) in [6.07, 6.45) is 1.38. The molecule has 9 nitrogen and oxygen atoms in total. The van der Waals surface area contributed by atoms with Crippen molar-refractivity contribution in [1.29, 1.82) is 0 Å². The van der Waals surface area contributed by atoms with E-state index in [9.17, 15) is 14.4 Å². The van der Waals surface area contributed by atoms with E-state index in [1.807, 2.05) is 6.07 Å². The molecular weight excluding hydrogens is 428 g/mol. The van der Waals surface area contributed by atoms with Crippen LogP contribution >= 0.6 is 0 Å². The maximum atomic E-state index is 13.3. The van der Waals surface area contributed by atoms with Gasteiger partial charge in [-0.05, 0) is 26.3 Å². The standard InChI is InChI=1S/C24H26N2O7/c1-6-32-23(28)18-14(3)26-16(22(27)31-5)13-17(30-4)25-21(26)20(24(29)33-7-2)19(18)15-11-9-8-10-12-15/h8-13,19H,6-7H2,1-5H3. The average molecular weight is 454 g/mol. The summed E-state index contributed by atoms with van der Waals surface area (Å²) in [5.74, 6) is -2.60. The molecule has 0 N–H and O–H groups in total. The Bertz CT molecular complexity index is 1080. The number of ether oxygens (including phenoxy) is 4. The second kappa shape index (κ2) is 10.2. The number of rotatable bonds is 6. The molecule has 0 amide bonds. The van der Waals surface area contributed by atoms with Crippen molar-refractivity contribution in [2.24, 2.45) is 4.99 Å². The van der Waals surface area contributed by atoms with Gasteiger partial charge in [0.2, 0.25) is 5.90 Å². The van der Waals surface area contributed by atoms with E-state index in [1.54, 1.807) is 45.0 Å². The second-order valence-electron chi connectivity index (χ2n) is 7.03. The minimum atomic E-state index is -0.839. The Morgan fingerprint density at radius 1 is 0.939 bits per heavy atom. The van der Waals surface area contributed by atoms with Gasteiger partial charge in [-0.25, -0.2) is 14.4 Å². The molecule has 2 heterocycles. The van der Waals surface area contributed by atoms with Gasteiger partial charge in [0.15, 0.2) is 5.82 Å². The lowest BCUT2D eigenvalue weighted by Crippen LogP contribution is -2.39. The third-order valence-electron chi connectivity index (χ3n) is 5.20. The Labute approximate surface area is 192 Å². The SMILES string of the molecule is CCOC(=O)C1=C(C)N2C(C(=O)OC)=CC(OC)=NC2=C(C(=O)OCC)C1c1ccccc1. The van der Waals surface area contributed by atoms with Crippen molar-refractivity contribution in [3.05, 3.63) is 70.3 Å². The fourth-order valence-electron chi connectivity index (χ4n) is 3.84. The van der Waals surface area contributed by atoms with Gasteiger partial charge in [0.05, 0.1) is 44.5 Å². The van der Waals surface area contributed by atoms with Crippen molar-refractivity contribution in [3.8, 4) is 0 Å². The van der Waals surface area contributed by atoms with Crippen LogP contribution in [0.3, 0.4) is 0 Å². The number of nitrogens with zero attached hydrogens (tertiary/aromatic N) is 2. The molecule has 0 bridgehead atoms. The molecule has 33 heavy (non-hydrogen) atoms. The monoisotopic (exact) mass is 454 g/mol. The first-order chi connectivity index (χ1) is 15.9. The van der Waals surface area contributed by atoms with E-state index in [0.717, 1.165) is 0 Å². The first-order valence-electron chi connectivity index (χ1n) is 10.5. The van der Waals surface area contributed by atoms with E-state index in [4.69, 9.17) is 18.9 Å². The van der Waals surface area contributed by atoms with E-state index in [1.165, 1.54) is 25.2 Å². The summed E-state index contributed by atoms with van der Waals surface area (Å²) in [7, 11) is 2.63. The Hall–Kier alpha value is -3.88. The molecule has 0 spiro atoms. The predicted octanol–water partition coefficient (Wildman–Crippen LogP) is 2.81. The maximum Gasteiger partial charge on any atom is 0.355 e. The van der Waals surface area contributed by atoms with Crippen LogP contribution in [0.25, 0.3) is 0 Å². The van der Waals surface area contributed by atoms with E-state index < -0.39 is 23.8 Å². The van der Waals surface area contributed by atoms with Crippen LogP contribution in [0.2, 0.25) is 0 Å². The summed E-state index contributed by atoms with van der Waals surface area (Å²) < 4.78 is 20.9. The van der Waals surface area contributed by atoms with Gasteiger partial charge >= 0.3 is 17.9 Å². The Morgan fingerprint density at radius 3 is 2.09 bits per heavy atom. The molecule has 174 valence electrons. The van der Waals surface area contributed by atoms with Crippen molar-refractivity contribution in [2.45, 2.75) is 26.7 Å². The highest BCUT2D eigenvalue weighted by molar-refractivity contribution is 6.04. The summed E-state index contributed by atoms with van der Waals surface area (Å²) in [5.41, 5.74) is 1.35. The molecule has 0 aromatic heterocycles. The van der Waals surface area contributed by atoms with Crippen LogP contribution in [-0.4, -0.2) is 56.1 Å². The first kappa shape index (κ1) is 23.8. The number of aliphatic imine (C=N–C) groups is 1. The lowest BCUT2D eigenvalue weighted by molar-refractivity contribution is -0.141. The smallest absolute Gasteiger partial charge is 0.355 e. The molecular formula is C24H26N2O7. The normalized spacial score (nSPS) is 17.6. The molecule has 3 rings (SSSR count). The van der Waals surface area contributed by atoms with Gasteiger partial charge in [-0.15, -0.1) is 0 Å². The van der Waals surface area contributed by atoms with Gasteiger partial charge in [-0.2, -0.15) is 4.99 Å². The van der Waals surface area contributed by atoms with E-state index in [-0.39, 0.29) is 41.8 Å². The quantitative estimate of drug-likeness (QED) is 0.478. The summed E-state index contributed by atoms with van der Waals surface area (Å²) in [4.78, 5) is 45.0. The van der Waals surface area contributed by atoms with Crippen molar-refractivity contribution in [3.63, 3.8) is 0 Å². The second-order valence-corrected chi connectivity index (χ2v) is 7.03. The minimum Gasteiger partial charge on any atom is -0.481 e. The molecule has 0 fully saturated rings. The van der Waals surface area contributed by atoms with Crippen molar-refractivity contribution >= 4 is 23.8 Å². The largest absolute Gasteiger partial charge is 0.481 e. The fraction of sp³-hybridized carbons (Fsp3) is 0.333. The highest BCUT2D eigenvalue weighted by Crippen LogP contribution is 2.45. The zero-order valence-electron chi connectivity index (χ0n) is 19.2. The van der Waals surface area contributed by atoms with Crippen LogP contribution in [0, 0.1) is 0 Å². The molecule has 1 unspecified atom stereocenters. The van der Waals surface area contributed by atoms with Crippen LogP contribution in [0.4, 0.5) is 0 Å². The van der Waals surface area contributed by atoms with E-state index in [0.29, 0.717) is 11.3 Å². The third-order valence-corrected chi connectivity index (χ3v) is 5.20. The number of hydrogen-bond donors (Lipinski definition) is 0. The minimum absolute atomic E-state index is 0.0342. The lowest BCUT2D eigenvalue weighted by Gasteiger charge is -2.38. The Kier molecular flexibility index (Phi) is 7.32. The number of carbonyl (C=O) groups is 3. The van der Waals surface area contributed by atoms with Crippen LogP contribution < -0.4 is 0 Å². The molecule has 2 aliphatic heterocycles. The van der Waals surface area contributed by atoms with Crippen molar-refractivity contribution in [2.75, 3.05) is 27.4 Å². The Balaban J connectivity index is 2.40. The van der Waals surface area contributed by atoms with Gasteiger partial charge in [-0.3, -0.25) is 4.90 Å². The van der Waals surface area contributed by atoms with Crippen molar-refractivity contribution in [1.82, 2.24) is 4.90 Å². The zero-order chi connectivity index (χ0) is 24.1. The van der Waals surface area contributed by atoms with Crippen LogP contribution in [0.5, 0.6) is 0 Å². The van der Waals surface area contributed by atoms with Gasteiger partial charge in [0.25, 0.3) is 0 Å². The first-order valence-corrected chi connectivity index (χ1v) is 10.5. The molecule has 1 aromatic rings. The highest BCUT2D eigenvalue weighted by atomic mass is 16.5. The number of fused-ring (bicyclic) bond motifs is 1. The van der Waals surface area contributed by atoms with Crippen LogP contribution in [-0.2, 0) is 33.3 Å². The van der Waals surface area contributed by atoms with Crippen LogP contribution in [0.15, 0.2) is 69.8 Å². The van der Waals surface area contributed by atoms with E-state index in [2.05, 4.69) is 4.99 Å². The molecule has 0 saturated heterocycles. The number of carbonyl (C=O) groups excluding carboxylic acids is 3. The third kappa shape index (κ3) is 4.39. The van der Waals surface area contributed by atoms with E-state index >= 15 is 0 Å². The topological polar surface area (TPSA) is 104 Å². The molecule has 1 aromatic carbocycles. The molecule has 0 radical (unpaired) electrons. The predicted molar refractivity (Wildman–Crippen MR) is 119 cm³/mol. The van der Waals surface area contributed by atoms with Crippen molar-refractivity contribution < 1.29 is 33.3 Å². The molecule has 1 atom stereocenters. The molecule has 0 saturated carbocycles. The van der Waals surface area contributed by atoms with Crippen LogP contribution in [0.1, 0.15) is 32.3 Å². The zero-order valence-corrected chi connectivity index (χ0v) is 19.2. The number of hydrogen-bond acceptors (Lipinski definition) is 9. The van der Waals surface area contributed by atoms with Gasteiger partial charge < -0.3 is 18.9 Å². The molecule has 2 aliphatic rings. The number of esters is 3. The number of benzene rings is 1. The molecule has 9 heteroatoms. The van der Waals surface area contributed by atoms with Gasteiger partial charge in [0, 0.05) is 11.8 Å². The Morgan fingerprint density at radius 2 is 1.55 bits per heavy atom.